The van der Waals surface area contributed by atoms with Crippen LogP contribution >= 0.6 is 11.3 Å². The van der Waals surface area contributed by atoms with Crippen molar-refractivity contribution in [2.24, 2.45) is 0 Å². The second-order valence-electron chi connectivity index (χ2n) is 3.57. The SMILES string of the molecule is Cc1cc(C)cc(-c2nc(C=O)cs2)c1. The largest absolute Gasteiger partial charge is 0.296 e. The summed E-state index contributed by atoms with van der Waals surface area (Å²) in [7, 11) is 0. The Morgan fingerprint density at radius 1 is 1.20 bits per heavy atom. The molecule has 0 saturated heterocycles. The summed E-state index contributed by atoms with van der Waals surface area (Å²) in [5.74, 6) is 0. The molecular formula is C12H11NOS. The standard InChI is InChI=1S/C12H11NOS/c1-8-3-9(2)5-10(4-8)12-13-11(6-14)7-15-12/h3-7H,1-2H3. The molecule has 0 aliphatic rings. The Labute approximate surface area is 92.6 Å². The minimum atomic E-state index is 0.508. The van der Waals surface area contributed by atoms with Gasteiger partial charge in [-0.3, -0.25) is 4.79 Å². The number of carbonyl (C=O) groups excluding carboxylic acids is 1. The second-order valence-corrected chi connectivity index (χ2v) is 4.43. The molecule has 2 nitrogen and oxygen atoms in total. The van der Waals surface area contributed by atoms with Crippen LogP contribution in [0.15, 0.2) is 23.6 Å². The van der Waals surface area contributed by atoms with Gasteiger partial charge in [-0.2, -0.15) is 0 Å². The molecule has 1 heterocycles. The van der Waals surface area contributed by atoms with Crippen LogP contribution in [0.4, 0.5) is 0 Å². The fourth-order valence-corrected chi connectivity index (χ4v) is 2.32. The van der Waals surface area contributed by atoms with Crippen LogP contribution in [0, 0.1) is 13.8 Å². The molecule has 76 valence electrons. The number of nitrogens with zero attached hydrogens (tertiary/aromatic N) is 1. The Bertz CT molecular complexity index is 482. The van der Waals surface area contributed by atoms with E-state index in [-0.39, 0.29) is 0 Å². The topological polar surface area (TPSA) is 30.0 Å². The number of aryl methyl sites for hydroxylation is 2. The summed E-state index contributed by atoms with van der Waals surface area (Å²) in [5.41, 5.74) is 4.03. The van der Waals surface area contributed by atoms with Crippen LogP contribution in [0.2, 0.25) is 0 Å². The van der Waals surface area contributed by atoms with Crippen molar-refractivity contribution >= 4 is 17.6 Å². The van der Waals surface area contributed by atoms with Crippen molar-refractivity contribution in [3.05, 3.63) is 40.4 Å². The zero-order valence-electron chi connectivity index (χ0n) is 8.65. The second kappa shape index (κ2) is 3.95. The van der Waals surface area contributed by atoms with Gasteiger partial charge in [-0.05, 0) is 26.0 Å². The summed E-state index contributed by atoms with van der Waals surface area (Å²) in [6.07, 6.45) is 0.780. The Balaban J connectivity index is 2.48. The number of hydrogen-bond acceptors (Lipinski definition) is 3. The minimum absolute atomic E-state index is 0.508. The number of carbonyl (C=O) groups is 1. The Kier molecular flexibility index (Phi) is 2.64. The summed E-state index contributed by atoms with van der Waals surface area (Å²) in [5, 5.41) is 2.68. The van der Waals surface area contributed by atoms with Crippen molar-refractivity contribution in [1.82, 2.24) is 4.98 Å². The maximum absolute atomic E-state index is 10.5. The normalized spacial score (nSPS) is 10.3. The van der Waals surface area contributed by atoms with Crippen molar-refractivity contribution < 1.29 is 4.79 Å². The van der Waals surface area contributed by atoms with E-state index in [1.54, 1.807) is 5.38 Å². The van der Waals surface area contributed by atoms with Crippen LogP contribution in [0.5, 0.6) is 0 Å². The minimum Gasteiger partial charge on any atom is -0.296 e. The highest BCUT2D eigenvalue weighted by Gasteiger charge is 2.04. The molecule has 0 aliphatic heterocycles. The summed E-state index contributed by atoms with van der Waals surface area (Å²) in [4.78, 5) is 14.8. The van der Waals surface area contributed by atoms with Crippen LogP contribution < -0.4 is 0 Å². The van der Waals surface area contributed by atoms with E-state index in [9.17, 15) is 4.79 Å². The lowest BCUT2D eigenvalue weighted by Gasteiger charge is -2.00. The quantitative estimate of drug-likeness (QED) is 0.723. The lowest BCUT2D eigenvalue weighted by molar-refractivity contribution is 0.111. The molecular weight excluding hydrogens is 206 g/mol. The summed E-state index contributed by atoms with van der Waals surface area (Å²) < 4.78 is 0. The van der Waals surface area contributed by atoms with E-state index in [4.69, 9.17) is 0 Å². The maximum atomic E-state index is 10.5. The Hall–Kier alpha value is -1.48. The van der Waals surface area contributed by atoms with Gasteiger partial charge in [-0.25, -0.2) is 4.98 Å². The van der Waals surface area contributed by atoms with Crippen molar-refractivity contribution in [2.45, 2.75) is 13.8 Å². The van der Waals surface area contributed by atoms with E-state index >= 15 is 0 Å². The Morgan fingerprint density at radius 2 is 1.87 bits per heavy atom. The smallest absolute Gasteiger partial charge is 0.169 e. The fraction of sp³-hybridized carbons (Fsp3) is 0.167. The number of benzene rings is 1. The van der Waals surface area contributed by atoms with Crippen LogP contribution in [0.25, 0.3) is 10.6 Å². The maximum Gasteiger partial charge on any atom is 0.169 e. The molecule has 2 rings (SSSR count). The van der Waals surface area contributed by atoms with Gasteiger partial charge in [0.2, 0.25) is 0 Å². The van der Waals surface area contributed by atoms with E-state index < -0.39 is 0 Å². The highest BCUT2D eigenvalue weighted by Crippen LogP contribution is 2.25. The molecule has 0 unspecified atom stereocenters. The molecule has 0 N–H and O–H groups in total. The van der Waals surface area contributed by atoms with Crippen LogP contribution in [-0.2, 0) is 0 Å². The number of rotatable bonds is 2. The zero-order chi connectivity index (χ0) is 10.8. The van der Waals surface area contributed by atoms with Gasteiger partial charge in [0.05, 0.1) is 0 Å². The molecule has 3 heteroatoms. The average molecular weight is 217 g/mol. The van der Waals surface area contributed by atoms with Gasteiger partial charge in [0.1, 0.15) is 10.7 Å². The lowest BCUT2D eigenvalue weighted by atomic mass is 10.1. The van der Waals surface area contributed by atoms with E-state index in [1.807, 2.05) is 0 Å². The lowest BCUT2D eigenvalue weighted by Crippen LogP contribution is -1.83. The van der Waals surface area contributed by atoms with Crippen LogP contribution in [0.3, 0.4) is 0 Å². The molecule has 0 atom stereocenters. The van der Waals surface area contributed by atoms with Crippen LogP contribution in [-0.4, -0.2) is 11.3 Å². The number of aldehydes is 1. The first-order valence-corrected chi connectivity index (χ1v) is 5.56. The van der Waals surface area contributed by atoms with Gasteiger partial charge >= 0.3 is 0 Å². The highest BCUT2D eigenvalue weighted by atomic mass is 32.1. The molecule has 0 radical (unpaired) electrons. The van der Waals surface area contributed by atoms with Gasteiger partial charge in [0.25, 0.3) is 0 Å². The number of hydrogen-bond donors (Lipinski definition) is 0. The monoisotopic (exact) mass is 217 g/mol. The molecule has 0 saturated carbocycles. The molecule has 0 spiro atoms. The molecule has 15 heavy (non-hydrogen) atoms. The predicted octanol–water partition coefficient (Wildman–Crippen LogP) is 3.24. The zero-order valence-corrected chi connectivity index (χ0v) is 9.47. The molecule has 2 aromatic rings. The first-order chi connectivity index (χ1) is 7.19. The van der Waals surface area contributed by atoms with Crippen molar-refractivity contribution in [3.8, 4) is 10.6 Å². The highest BCUT2D eigenvalue weighted by molar-refractivity contribution is 7.13. The third-order valence-corrected chi connectivity index (χ3v) is 3.02. The van der Waals surface area contributed by atoms with Crippen molar-refractivity contribution in [1.29, 1.82) is 0 Å². The molecule has 0 amide bonds. The van der Waals surface area contributed by atoms with E-state index in [2.05, 4.69) is 37.0 Å². The summed E-state index contributed by atoms with van der Waals surface area (Å²) >= 11 is 1.50. The number of thiazole rings is 1. The van der Waals surface area contributed by atoms with Gasteiger partial charge in [-0.1, -0.05) is 17.2 Å². The van der Waals surface area contributed by atoms with Crippen molar-refractivity contribution in [2.75, 3.05) is 0 Å². The van der Waals surface area contributed by atoms with E-state index in [0.29, 0.717) is 5.69 Å². The predicted molar refractivity (Wildman–Crippen MR) is 62.4 cm³/mol. The van der Waals surface area contributed by atoms with Gasteiger partial charge in [0.15, 0.2) is 6.29 Å². The first-order valence-electron chi connectivity index (χ1n) is 4.68. The summed E-state index contributed by atoms with van der Waals surface area (Å²) in [6, 6.07) is 6.29. The fourth-order valence-electron chi connectivity index (χ4n) is 1.57. The molecule has 0 bridgehead atoms. The van der Waals surface area contributed by atoms with Gasteiger partial charge < -0.3 is 0 Å². The first kappa shape index (κ1) is 10.1. The number of aromatic nitrogens is 1. The molecule has 1 aromatic carbocycles. The van der Waals surface area contributed by atoms with E-state index in [0.717, 1.165) is 16.9 Å². The molecule has 0 fully saturated rings. The average Bonchev–Trinajstić information content (AvgIpc) is 2.64. The third-order valence-electron chi connectivity index (χ3n) is 2.11. The summed E-state index contributed by atoms with van der Waals surface area (Å²) in [6.45, 7) is 4.12. The van der Waals surface area contributed by atoms with Gasteiger partial charge in [0, 0.05) is 10.9 Å². The third kappa shape index (κ3) is 2.13. The van der Waals surface area contributed by atoms with Crippen LogP contribution in [0.1, 0.15) is 21.6 Å². The molecule has 1 aromatic heterocycles. The van der Waals surface area contributed by atoms with E-state index in [1.165, 1.54) is 22.5 Å². The van der Waals surface area contributed by atoms with Gasteiger partial charge in [-0.15, -0.1) is 11.3 Å². The van der Waals surface area contributed by atoms with Crippen molar-refractivity contribution in [3.63, 3.8) is 0 Å². The Morgan fingerprint density at radius 3 is 2.40 bits per heavy atom. The molecule has 0 aliphatic carbocycles.